The van der Waals surface area contributed by atoms with Crippen LogP contribution in [-0.4, -0.2) is 38.3 Å². The monoisotopic (exact) mass is 285 g/mol. The molecule has 0 bridgehead atoms. The molecule has 0 aromatic heterocycles. The molecule has 0 saturated carbocycles. The summed E-state index contributed by atoms with van der Waals surface area (Å²) >= 11 is 0. The molecule has 0 aromatic carbocycles. The molecule has 2 nitrogen and oxygen atoms in total. The van der Waals surface area contributed by atoms with Gasteiger partial charge in [0.25, 0.3) is 0 Å². The van der Waals surface area contributed by atoms with Crippen molar-refractivity contribution in [1.29, 1.82) is 0 Å². The number of hydrogen-bond donors (Lipinski definition) is 0. The molecule has 1 aliphatic heterocycles. The zero-order valence-electron chi connectivity index (χ0n) is 13.7. The van der Waals surface area contributed by atoms with Crippen LogP contribution < -0.4 is 0 Å². The standard InChI is InChI=1S/C14H31NOSi2/c1-11-14(2,3)10-12(16)15(11)13(17(4,5)6)18(7,8)9/h11,13H,10H2,1-9H3. The lowest BCUT2D eigenvalue weighted by molar-refractivity contribution is -0.128. The van der Waals surface area contributed by atoms with Crippen LogP contribution in [0.3, 0.4) is 0 Å². The first kappa shape index (κ1) is 16.0. The van der Waals surface area contributed by atoms with Crippen LogP contribution in [-0.2, 0) is 4.79 Å². The van der Waals surface area contributed by atoms with E-state index in [1.54, 1.807) is 0 Å². The van der Waals surface area contributed by atoms with E-state index in [0.29, 0.717) is 17.2 Å². The van der Waals surface area contributed by atoms with Gasteiger partial charge in [-0.3, -0.25) is 4.79 Å². The second-order valence-corrected chi connectivity index (χ2v) is 19.9. The zero-order chi connectivity index (χ0) is 14.5. The molecule has 1 amide bonds. The van der Waals surface area contributed by atoms with Gasteiger partial charge in [-0.2, -0.15) is 0 Å². The lowest BCUT2D eigenvalue weighted by Gasteiger charge is -2.47. The Morgan fingerprint density at radius 2 is 1.50 bits per heavy atom. The Kier molecular flexibility index (Phi) is 3.97. The van der Waals surface area contributed by atoms with E-state index in [0.717, 1.165) is 6.42 Å². The second kappa shape index (κ2) is 4.48. The largest absolute Gasteiger partial charge is 0.342 e. The maximum Gasteiger partial charge on any atom is 0.223 e. The van der Waals surface area contributed by atoms with Crippen LogP contribution in [0.2, 0.25) is 39.3 Å². The molecule has 1 unspecified atom stereocenters. The van der Waals surface area contributed by atoms with Gasteiger partial charge < -0.3 is 4.90 Å². The third kappa shape index (κ3) is 2.90. The Labute approximate surface area is 115 Å². The highest BCUT2D eigenvalue weighted by molar-refractivity contribution is 6.96. The Morgan fingerprint density at radius 1 is 1.11 bits per heavy atom. The van der Waals surface area contributed by atoms with E-state index in [1.807, 2.05) is 0 Å². The first-order valence-corrected chi connectivity index (χ1v) is 14.2. The minimum absolute atomic E-state index is 0.134. The lowest BCUT2D eigenvalue weighted by Crippen LogP contribution is -2.65. The van der Waals surface area contributed by atoms with Crippen LogP contribution in [0, 0.1) is 5.41 Å². The molecule has 4 heteroatoms. The Hall–Kier alpha value is -0.0962. The summed E-state index contributed by atoms with van der Waals surface area (Å²) < 4.78 is 0. The molecule has 1 saturated heterocycles. The van der Waals surface area contributed by atoms with Crippen molar-refractivity contribution in [2.45, 2.75) is 77.8 Å². The summed E-state index contributed by atoms with van der Waals surface area (Å²) in [6.07, 6.45) is 0.722. The van der Waals surface area contributed by atoms with Crippen molar-refractivity contribution >= 4 is 22.1 Å². The van der Waals surface area contributed by atoms with Gasteiger partial charge in [-0.25, -0.2) is 0 Å². The fourth-order valence-electron chi connectivity index (χ4n) is 3.72. The maximum atomic E-state index is 12.5. The summed E-state index contributed by atoms with van der Waals surface area (Å²) in [7, 11) is -2.73. The summed E-state index contributed by atoms with van der Waals surface area (Å²) in [5.74, 6) is 0.391. The highest BCUT2D eigenvalue weighted by Crippen LogP contribution is 2.41. The smallest absolute Gasteiger partial charge is 0.223 e. The molecule has 1 aliphatic rings. The van der Waals surface area contributed by atoms with Gasteiger partial charge in [-0.05, 0) is 12.3 Å². The molecular weight excluding hydrogens is 254 g/mol. The minimum atomic E-state index is -1.37. The van der Waals surface area contributed by atoms with Crippen LogP contribution in [0.5, 0.6) is 0 Å². The van der Waals surface area contributed by atoms with E-state index in [-0.39, 0.29) is 5.41 Å². The molecule has 1 atom stereocenters. The van der Waals surface area contributed by atoms with Crippen molar-refractivity contribution in [3.63, 3.8) is 0 Å². The fraction of sp³-hybridized carbons (Fsp3) is 0.929. The van der Waals surface area contributed by atoms with Gasteiger partial charge in [-0.1, -0.05) is 53.1 Å². The van der Waals surface area contributed by atoms with Gasteiger partial charge in [0.1, 0.15) is 0 Å². The summed E-state index contributed by atoms with van der Waals surface area (Å²) in [4.78, 5) is 14.8. The zero-order valence-corrected chi connectivity index (χ0v) is 15.7. The molecule has 0 aromatic rings. The van der Waals surface area contributed by atoms with E-state index in [4.69, 9.17) is 0 Å². The first-order valence-electron chi connectivity index (χ1n) is 7.09. The summed E-state index contributed by atoms with van der Waals surface area (Å²) in [6.45, 7) is 21.2. The Balaban J connectivity index is 3.20. The summed E-state index contributed by atoms with van der Waals surface area (Å²) in [5.41, 5.74) is 0.134. The SMILES string of the molecule is CC1N(C([Si](C)(C)C)[Si](C)(C)C)C(=O)CC1(C)C. The van der Waals surface area contributed by atoms with Crippen molar-refractivity contribution in [2.75, 3.05) is 0 Å². The number of amides is 1. The number of likely N-dealkylation sites (tertiary alicyclic amines) is 1. The van der Waals surface area contributed by atoms with Crippen LogP contribution in [0.4, 0.5) is 0 Å². The molecule has 0 N–H and O–H groups in total. The van der Waals surface area contributed by atoms with Crippen molar-refractivity contribution in [1.82, 2.24) is 4.90 Å². The average Bonchev–Trinajstić information content (AvgIpc) is 2.23. The first-order chi connectivity index (χ1) is 7.78. The van der Waals surface area contributed by atoms with E-state index in [9.17, 15) is 4.79 Å². The van der Waals surface area contributed by atoms with Crippen molar-refractivity contribution in [3.05, 3.63) is 0 Å². The van der Waals surface area contributed by atoms with Crippen LogP contribution in [0.1, 0.15) is 27.2 Å². The summed E-state index contributed by atoms with van der Waals surface area (Å²) in [6, 6.07) is 0.383. The molecule has 0 aliphatic carbocycles. The van der Waals surface area contributed by atoms with E-state index in [1.165, 1.54) is 0 Å². The van der Waals surface area contributed by atoms with Gasteiger partial charge in [0.05, 0.1) is 16.1 Å². The van der Waals surface area contributed by atoms with Crippen molar-refractivity contribution < 1.29 is 4.79 Å². The molecule has 106 valence electrons. The highest BCUT2D eigenvalue weighted by atomic mass is 28.4. The second-order valence-electron chi connectivity index (χ2n) is 8.78. The third-order valence-corrected chi connectivity index (χ3v) is 13.4. The van der Waals surface area contributed by atoms with E-state index >= 15 is 0 Å². The molecule has 0 spiro atoms. The van der Waals surface area contributed by atoms with E-state index in [2.05, 4.69) is 65.0 Å². The van der Waals surface area contributed by atoms with Crippen LogP contribution >= 0.6 is 0 Å². The van der Waals surface area contributed by atoms with Gasteiger partial charge >= 0.3 is 0 Å². The number of carbonyl (C=O) groups excluding carboxylic acids is 1. The van der Waals surface area contributed by atoms with Gasteiger partial charge in [0.2, 0.25) is 5.91 Å². The van der Waals surface area contributed by atoms with Crippen LogP contribution in [0.15, 0.2) is 0 Å². The summed E-state index contributed by atoms with van der Waals surface area (Å²) in [5, 5.41) is 0.550. The lowest BCUT2D eigenvalue weighted by atomic mass is 9.86. The van der Waals surface area contributed by atoms with Gasteiger partial charge in [-0.15, -0.1) is 0 Å². The predicted octanol–water partition coefficient (Wildman–Crippen LogP) is 3.76. The Morgan fingerprint density at radius 3 is 1.72 bits per heavy atom. The topological polar surface area (TPSA) is 20.3 Å². The maximum absolute atomic E-state index is 12.5. The average molecular weight is 286 g/mol. The quantitative estimate of drug-likeness (QED) is 0.723. The molecule has 18 heavy (non-hydrogen) atoms. The third-order valence-electron chi connectivity index (χ3n) is 4.36. The Bertz CT molecular complexity index is 325. The number of nitrogens with zero attached hydrogens (tertiary/aromatic N) is 1. The molecular formula is C14H31NOSi2. The number of rotatable bonds is 3. The predicted molar refractivity (Wildman–Crippen MR) is 85.2 cm³/mol. The van der Waals surface area contributed by atoms with Crippen molar-refractivity contribution in [2.24, 2.45) is 5.41 Å². The van der Waals surface area contributed by atoms with Gasteiger partial charge in [0, 0.05) is 17.8 Å². The van der Waals surface area contributed by atoms with Crippen LogP contribution in [0.25, 0.3) is 0 Å². The number of carbonyl (C=O) groups is 1. The highest BCUT2D eigenvalue weighted by Gasteiger charge is 2.52. The molecule has 0 radical (unpaired) electrons. The molecule has 1 heterocycles. The molecule has 1 rings (SSSR count). The fourth-order valence-corrected chi connectivity index (χ4v) is 16.5. The number of hydrogen-bond acceptors (Lipinski definition) is 1. The van der Waals surface area contributed by atoms with Crippen molar-refractivity contribution in [3.8, 4) is 0 Å². The minimum Gasteiger partial charge on any atom is -0.342 e. The van der Waals surface area contributed by atoms with Gasteiger partial charge in [0.15, 0.2) is 0 Å². The molecule has 1 fully saturated rings. The van der Waals surface area contributed by atoms with E-state index < -0.39 is 16.1 Å². The normalized spacial score (nSPS) is 25.1.